The molecule has 1 aromatic rings. The quantitative estimate of drug-likeness (QED) is 0.897. The number of rotatable bonds is 4. The summed E-state index contributed by atoms with van der Waals surface area (Å²) in [5, 5.41) is 2.82. The van der Waals surface area contributed by atoms with Crippen LogP contribution in [0.25, 0.3) is 0 Å². The Labute approximate surface area is 118 Å². The first-order valence-electron chi connectivity index (χ1n) is 6.51. The normalized spacial score (nSPS) is 18.7. The number of amides is 1. The number of halogens is 3. The Bertz CT molecular complexity index is 491. The van der Waals surface area contributed by atoms with Crippen molar-refractivity contribution in [3.05, 3.63) is 33.8 Å². The lowest BCUT2D eigenvalue weighted by atomic mass is 10.1. The summed E-state index contributed by atoms with van der Waals surface area (Å²) in [7, 11) is 0. The molecule has 5 heteroatoms. The van der Waals surface area contributed by atoms with Crippen LogP contribution in [0.3, 0.4) is 0 Å². The van der Waals surface area contributed by atoms with E-state index in [2.05, 4.69) is 21.2 Å². The van der Waals surface area contributed by atoms with E-state index in [-0.39, 0.29) is 6.04 Å². The van der Waals surface area contributed by atoms with E-state index >= 15 is 0 Å². The van der Waals surface area contributed by atoms with Crippen LogP contribution in [0.5, 0.6) is 0 Å². The minimum Gasteiger partial charge on any atom is -0.349 e. The molecule has 0 aromatic heterocycles. The topological polar surface area (TPSA) is 29.1 Å². The van der Waals surface area contributed by atoms with Gasteiger partial charge in [-0.1, -0.05) is 15.9 Å². The van der Waals surface area contributed by atoms with Crippen molar-refractivity contribution in [2.24, 2.45) is 11.8 Å². The summed E-state index contributed by atoms with van der Waals surface area (Å²) in [5.41, 5.74) is -0.477. The predicted octanol–water partition coefficient (Wildman–Crippen LogP) is 3.65. The average molecular weight is 330 g/mol. The van der Waals surface area contributed by atoms with Crippen molar-refractivity contribution >= 4 is 21.8 Å². The molecule has 1 aromatic carbocycles. The minimum atomic E-state index is -0.824. The molecule has 102 valence electrons. The summed E-state index contributed by atoms with van der Waals surface area (Å²) >= 11 is 3.00. The van der Waals surface area contributed by atoms with Crippen molar-refractivity contribution in [1.29, 1.82) is 0 Å². The fourth-order valence-corrected chi connectivity index (χ4v) is 2.92. The smallest absolute Gasteiger partial charge is 0.257 e. The largest absolute Gasteiger partial charge is 0.349 e. The van der Waals surface area contributed by atoms with E-state index in [0.717, 1.165) is 37.8 Å². The predicted molar refractivity (Wildman–Crippen MR) is 70.8 cm³/mol. The Balaban J connectivity index is 1.79. The van der Waals surface area contributed by atoms with E-state index in [1.807, 2.05) is 0 Å². The first-order valence-corrected chi connectivity index (χ1v) is 7.31. The molecule has 0 atom stereocenters. The molecule has 2 fully saturated rings. The number of hydrogen-bond donors (Lipinski definition) is 1. The maximum absolute atomic E-state index is 13.7. The van der Waals surface area contributed by atoms with E-state index in [1.54, 1.807) is 0 Å². The number of carbonyl (C=O) groups excluding carboxylic acids is 1. The SMILES string of the molecule is O=C(NC(C1CC1)C1CC1)c1c(F)cc(Br)cc1F. The second-order valence-electron chi connectivity index (χ2n) is 5.42. The molecule has 3 rings (SSSR count). The summed E-state index contributed by atoms with van der Waals surface area (Å²) in [6.45, 7) is 0. The Morgan fingerprint density at radius 3 is 2.05 bits per heavy atom. The van der Waals surface area contributed by atoms with Gasteiger partial charge < -0.3 is 5.32 Å². The molecule has 0 spiro atoms. The lowest BCUT2D eigenvalue weighted by Gasteiger charge is -2.18. The third-order valence-corrected chi connectivity index (χ3v) is 4.25. The van der Waals surface area contributed by atoms with E-state index in [9.17, 15) is 13.6 Å². The van der Waals surface area contributed by atoms with Gasteiger partial charge >= 0.3 is 0 Å². The van der Waals surface area contributed by atoms with Crippen LogP contribution < -0.4 is 5.32 Å². The van der Waals surface area contributed by atoms with Gasteiger partial charge in [-0.3, -0.25) is 4.79 Å². The van der Waals surface area contributed by atoms with Gasteiger partial charge in [0.25, 0.3) is 5.91 Å². The second kappa shape index (κ2) is 4.85. The molecule has 0 aliphatic heterocycles. The molecule has 0 radical (unpaired) electrons. The molecule has 1 N–H and O–H groups in total. The maximum Gasteiger partial charge on any atom is 0.257 e. The molecule has 0 bridgehead atoms. The van der Waals surface area contributed by atoms with Crippen LogP contribution in [0, 0.1) is 23.5 Å². The van der Waals surface area contributed by atoms with Crippen LogP contribution in [-0.2, 0) is 0 Å². The molecule has 2 aliphatic carbocycles. The summed E-state index contributed by atoms with van der Waals surface area (Å²) in [6, 6.07) is 2.32. The Kier molecular flexibility index (Phi) is 3.33. The van der Waals surface area contributed by atoms with Gasteiger partial charge in [-0.05, 0) is 49.7 Å². The summed E-state index contributed by atoms with van der Waals surface area (Å²) < 4.78 is 27.7. The Hall–Kier alpha value is -0.970. The van der Waals surface area contributed by atoms with Gasteiger partial charge in [0.15, 0.2) is 0 Å². The van der Waals surface area contributed by atoms with Gasteiger partial charge in [0.2, 0.25) is 0 Å². The van der Waals surface area contributed by atoms with E-state index in [4.69, 9.17) is 0 Å². The Morgan fingerprint density at radius 1 is 1.16 bits per heavy atom. The highest BCUT2D eigenvalue weighted by Crippen LogP contribution is 2.44. The van der Waals surface area contributed by atoms with Crippen LogP contribution in [0.4, 0.5) is 8.78 Å². The zero-order valence-corrected chi connectivity index (χ0v) is 11.8. The molecule has 0 heterocycles. The molecule has 2 saturated carbocycles. The van der Waals surface area contributed by atoms with E-state index in [0.29, 0.717) is 16.3 Å². The van der Waals surface area contributed by atoms with Gasteiger partial charge in [0.1, 0.15) is 17.2 Å². The maximum atomic E-state index is 13.7. The van der Waals surface area contributed by atoms with Crippen molar-refractivity contribution < 1.29 is 13.6 Å². The van der Waals surface area contributed by atoms with Crippen LogP contribution >= 0.6 is 15.9 Å². The summed E-state index contributed by atoms with van der Waals surface area (Å²) in [6.07, 6.45) is 4.42. The molecule has 0 unspecified atom stereocenters. The van der Waals surface area contributed by atoms with Gasteiger partial charge in [-0.25, -0.2) is 8.78 Å². The van der Waals surface area contributed by atoms with Crippen molar-refractivity contribution in [3.8, 4) is 0 Å². The van der Waals surface area contributed by atoms with Crippen LogP contribution in [-0.4, -0.2) is 11.9 Å². The average Bonchev–Trinajstić information content (AvgIpc) is 3.17. The number of nitrogens with one attached hydrogen (secondary N) is 1. The zero-order valence-electron chi connectivity index (χ0n) is 10.3. The monoisotopic (exact) mass is 329 g/mol. The molecule has 2 aliphatic rings. The highest BCUT2D eigenvalue weighted by molar-refractivity contribution is 9.10. The lowest BCUT2D eigenvalue weighted by Crippen LogP contribution is -2.38. The van der Waals surface area contributed by atoms with Crippen molar-refractivity contribution in [1.82, 2.24) is 5.32 Å². The van der Waals surface area contributed by atoms with Gasteiger partial charge in [-0.15, -0.1) is 0 Å². The first-order chi connectivity index (χ1) is 9.06. The fourth-order valence-electron chi connectivity index (χ4n) is 2.51. The molecular weight excluding hydrogens is 316 g/mol. The lowest BCUT2D eigenvalue weighted by molar-refractivity contribution is 0.0917. The third-order valence-electron chi connectivity index (χ3n) is 3.79. The fraction of sp³-hybridized carbons (Fsp3) is 0.500. The van der Waals surface area contributed by atoms with Crippen molar-refractivity contribution in [3.63, 3.8) is 0 Å². The third kappa shape index (κ3) is 2.81. The number of benzene rings is 1. The Morgan fingerprint density at radius 2 is 1.63 bits per heavy atom. The zero-order chi connectivity index (χ0) is 13.6. The molecule has 0 saturated heterocycles. The first kappa shape index (κ1) is 13.0. The highest BCUT2D eigenvalue weighted by Gasteiger charge is 2.42. The standard InChI is InChI=1S/C14H14BrF2NO/c15-9-5-10(16)12(11(17)6-9)14(19)18-13(7-1-2-7)8-3-4-8/h5-8,13H,1-4H2,(H,18,19). The molecular formula is C14H14BrF2NO. The van der Waals surface area contributed by atoms with Gasteiger partial charge in [0.05, 0.1) is 0 Å². The molecule has 2 nitrogen and oxygen atoms in total. The number of hydrogen-bond acceptors (Lipinski definition) is 1. The second-order valence-corrected chi connectivity index (χ2v) is 6.33. The molecule has 19 heavy (non-hydrogen) atoms. The van der Waals surface area contributed by atoms with Gasteiger partial charge in [-0.2, -0.15) is 0 Å². The van der Waals surface area contributed by atoms with Crippen molar-refractivity contribution in [2.45, 2.75) is 31.7 Å². The van der Waals surface area contributed by atoms with E-state index in [1.165, 1.54) is 0 Å². The van der Waals surface area contributed by atoms with E-state index < -0.39 is 23.1 Å². The summed E-state index contributed by atoms with van der Waals surface area (Å²) in [4.78, 5) is 12.1. The van der Waals surface area contributed by atoms with Crippen LogP contribution in [0.2, 0.25) is 0 Å². The van der Waals surface area contributed by atoms with Crippen LogP contribution in [0.1, 0.15) is 36.0 Å². The highest BCUT2D eigenvalue weighted by atomic mass is 79.9. The number of carbonyl (C=O) groups is 1. The minimum absolute atomic E-state index is 0.0925. The van der Waals surface area contributed by atoms with Gasteiger partial charge in [0, 0.05) is 10.5 Å². The van der Waals surface area contributed by atoms with Crippen molar-refractivity contribution in [2.75, 3.05) is 0 Å². The van der Waals surface area contributed by atoms with Crippen LogP contribution in [0.15, 0.2) is 16.6 Å². The summed E-state index contributed by atoms with van der Waals surface area (Å²) in [5.74, 6) is -1.29. The molecule has 1 amide bonds.